The molecule has 0 spiro atoms. The lowest BCUT2D eigenvalue weighted by molar-refractivity contribution is -0.132. The summed E-state index contributed by atoms with van der Waals surface area (Å²) in [5.74, 6) is 0.240. The highest BCUT2D eigenvalue weighted by molar-refractivity contribution is 8.00. The summed E-state index contributed by atoms with van der Waals surface area (Å²) >= 11 is 8.67. The van der Waals surface area contributed by atoms with Crippen molar-refractivity contribution in [3.63, 3.8) is 0 Å². The molecule has 1 N–H and O–H groups in total. The van der Waals surface area contributed by atoms with Crippen LogP contribution in [-0.4, -0.2) is 46.8 Å². The zero-order valence-corrected chi connectivity index (χ0v) is 26.1. The van der Waals surface area contributed by atoms with Crippen LogP contribution in [0.25, 0.3) is 5.76 Å². The number of unbranched alkanes of at least 4 members (excludes halogenated alkanes) is 1. The Labute approximate surface area is 267 Å². The second-order valence-electron chi connectivity index (χ2n) is 10.1. The average Bonchev–Trinajstić information content (AvgIpc) is 3.62. The first-order valence-corrected chi connectivity index (χ1v) is 16.3. The molecule has 226 valence electrons. The Bertz CT molecular complexity index is 1730. The first-order chi connectivity index (χ1) is 21.4. The highest BCUT2D eigenvalue weighted by Gasteiger charge is 2.48. The van der Waals surface area contributed by atoms with Gasteiger partial charge < -0.3 is 19.3 Å². The fraction of sp³-hybridized carbons (Fsp3) is 0.250. The summed E-state index contributed by atoms with van der Waals surface area (Å²) in [5.41, 5.74) is 1.89. The summed E-state index contributed by atoms with van der Waals surface area (Å²) in [6.45, 7) is 3.39. The number of ether oxygens (including phenoxy) is 3. The van der Waals surface area contributed by atoms with E-state index < -0.39 is 17.7 Å². The number of halogens is 1. The molecule has 1 fully saturated rings. The zero-order valence-electron chi connectivity index (χ0n) is 23.7. The number of hydrogen-bond donors (Lipinski definition) is 1. The molecular formula is C32H28ClN3O6S2. The largest absolute Gasteiger partial charge is 0.507 e. The maximum atomic E-state index is 13.7. The van der Waals surface area contributed by atoms with Crippen LogP contribution < -0.4 is 19.1 Å². The standard InChI is InChI=1S/C32H28ClN3O6S2/c1-2-3-13-40-23-6-4-5-20(16-23)27-26(28(37)21-9-12-24-25(17-21)42-15-14-41-24)29(38)30(39)36(27)31-34-35-32(44-31)43-18-19-7-10-22(33)11-8-19/h4-12,16-17,27,37H,2-3,13-15,18H2,1H3/b28-26-. The summed E-state index contributed by atoms with van der Waals surface area (Å²) in [4.78, 5) is 28.6. The smallest absolute Gasteiger partial charge is 0.301 e. The van der Waals surface area contributed by atoms with Gasteiger partial charge in [0.05, 0.1) is 18.2 Å². The lowest BCUT2D eigenvalue weighted by Crippen LogP contribution is -2.29. The summed E-state index contributed by atoms with van der Waals surface area (Å²) in [7, 11) is 0. The van der Waals surface area contributed by atoms with E-state index in [9.17, 15) is 14.7 Å². The number of aromatic nitrogens is 2. The predicted molar refractivity (Wildman–Crippen MR) is 170 cm³/mol. The first-order valence-electron chi connectivity index (χ1n) is 14.1. The van der Waals surface area contributed by atoms with Crippen LogP contribution in [0.1, 0.15) is 42.5 Å². The van der Waals surface area contributed by atoms with Crippen LogP contribution in [0.5, 0.6) is 17.2 Å². The second kappa shape index (κ2) is 13.3. The molecule has 2 aliphatic heterocycles. The molecule has 0 saturated carbocycles. The number of hydrogen-bond acceptors (Lipinski definition) is 10. The van der Waals surface area contributed by atoms with Gasteiger partial charge in [0.15, 0.2) is 15.8 Å². The number of aliphatic hydroxyl groups is 1. The van der Waals surface area contributed by atoms with E-state index >= 15 is 0 Å². The Balaban J connectivity index is 1.38. The summed E-state index contributed by atoms with van der Waals surface area (Å²) in [6.07, 6.45) is 1.86. The third kappa shape index (κ3) is 6.26. The summed E-state index contributed by atoms with van der Waals surface area (Å²) in [5, 5.41) is 21.1. The van der Waals surface area contributed by atoms with Crippen molar-refractivity contribution in [1.29, 1.82) is 0 Å². The third-order valence-corrected chi connectivity index (χ3v) is 9.46. The Morgan fingerprint density at radius 2 is 1.86 bits per heavy atom. The minimum atomic E-state index is -0.972. The van der Waals surface area contributed by atoms with Crippen LogP contribution in [0.4, 0.5) is 5.13 Å². The van der Waals surface area contributed by atoms with Crippen molar-refractivity contribution in [2.75, 3.05) is 24.7 Å². The van der Waals surface area contributed by atoms with Crippen LogP contribution in [0.15, 0.2) is 76.6 Å². The minimum absolute atomic E-state index is 0.0667. The molecule has 44 heavy (non-hydrogen) atoms. The van der Waals surface area contributed by atoms with Crippen LogP contribution in [0.3, 0.4) is 0 Å². The van der Waals surface area contributed by atoms with Crippen LogP contribution in [-0.2, 0) is 15.3 Å². The van der Waals surface area contributed by atoms with E-state index in [1.165, 1.54) is 28.0 Å². The number of anilines is 1. The van der Waals surface area contributed by atoms with E-state index in [0.717, 1.165) is 18.4 Å². The van der Waals surface area contributed by atoms with Crippen molar-refractivity contribution in [3.05, 3.63) is 94.0 Å². The van der Waals surface area contributed by atoms with E-state index in [4.69, 9.17) is 25.8 Å². The Hall–Kier alpha value is -4.06. The third-order valence-electron chi connectivity index (χ3n) is 7.08. The molecule has 3 aromatic carbocycles. The molecule has 1 saturated heterocycles. The van der Waals surface area contributed by atoms with Gasteiger partial charge in [0, 0.05) is 16.3 Å². The van der Waals surface area contributed by atoms with Gasteiger partial charge in [0.25, 0.3) is 5.78 Å². The Kier molecular flexibility index (Phi) is 9.06. The van der Waals surface area contributed by atoms with Crippen molar-refractivity contribution in [3.8, 4) is 17.2 Å². The summed E-state index contributed by atoms with van der Waals surface area (Å²) in [6, 6.07) is 18.7. The molecule has 12 heteroatoms. The van der Waals surface area contributed by atoms with Gasteiger partial charge in [-0.05, 0) is 60.0 Å². The number of fused-ring (bicyclic) bond motifs is 1. The molecule has 1 atom stereocenters. The normalized spacial score (nSPS) is 17.2. The van der Waals surface area contributed by atoms with Crippen molar-refractivity contribution in [2.45, 2.75) is 35.9 Å². The van der Waals surface area contributed by atoms with Gasteiger partial charge in [-0.1, -0.05) is 72.3 Å². The summed E-state index contributed by atoms with van der Waals surface area (Å²) < 4.78 is 17.9. The number of Topliss-reactive ketones (excluding diaryl/α,β-unsaturated/α-hetero) is 1. The topological polar surface area (TPSA) is 111 Å². The van der Waals surface area contributed by atoms with Crippen molar-refractivity contribution < 1.29 is 28.9 Å². The Morgan fingerprint density at radius 1 is 1.07 bits per heavy atom. The van der Waals surface area contributed by atoms with E-state index in [1.807, 2.05) is 30.3 Å². The van der Waals surface area contributed by atoms with Gasteiger partial charge in [-0.2, -0.15) is 0 Å². The molecule has 4 aromatic rings. The highest BCUT2D eigenvalue weighted by atomic mass is 35.5. The van der Waals surface area contributed by atoms with Crippen molar-refractivity contribution >= 4 is 57.3 Å². The maximum Gasteiger partial charge on any atom is 0.301 e. The quantitative estimate of drug-likeness (QED) is 0.0482. The molecule has 1 amide bonds. The number of ketones is 1. The maximum absolute atomic E-state index is 13.7. The molecule has 1 aromatic heterocycles. The first kappa shape index (κ1) is 30.0. The highest BCUT2D eigenvalue weighted by Crippen LogP contribution is 2.45. The van der Waals surface area contributed by atoms with Crippen molar-refractivity contribution in [1.82, 2.24) is 10.2 Å². The molecule has 2 aliphatic rings. The molecule has 1 unspecified atom stereocenters. The molecule has 3 heterocycles. The van der Waals surface area contributed by atoms with E-state index in [2.05, 4.69) is 17.1 Å². The van der Waals surface area contributed by atoms with Crippen LogP contribution >= 0.6 is 34.7 Å². The van der Waals surface area contributed by atoms with Gasteiger partial charge >= 0.3 is 5.91 Å². The number of thioether (sulfide) groups is 1. The van der Waals surface area contributed by atoms with Crippen molar-refractivity contribution in [2.24, 2.45) is 0 Å². The lowest BCUT2D eigenvalue weighted by atomic mass is 9.95. The number of carbonyl (C=O) groups excluding carboxylic acids is 2. The number of benzene rings is 3. The zero-order chi connectivity index (χ0) is 30.6. The van der Waals surface area contributed by atoms with E-state index in [0.29, 0.717) is 63.3 Å². The molecule has 6 rings (SSSR count). The van der Waals surface area contributed by atoms with Gasteiger partial charge in [-0.15, -0.1) is 10.2 Å². The number of rotatable bonds is 10. The number of nitrogens with zero attached hydrogens (tertiary/aromatic N) is 3. The number of carbonyl (C=O) groups is 2. The van der Waals surface area contributed by atoms with Crippen LogP contribution in [0.2, 0.25) is 5.02 Å². The lowest BCUT2D eigenvalue weighted by Gasteiger charge is -2.23. The van der Waals surface area contributed by atoms with Crippen LogP contribution in [0, 0.1) is 0 Å². The SMILES string of the molecule is CCCCOc1cccc(C2/C(=C(/O)c3ccc4c(c3)OCCO4)C(=O)C(=O)N2c2nnc(SCc3ccc(Cl)cc3)s2)c1. The number of aliphatic hydroxyl groups excluding tert-OH is 1. The van der Waals surface area contributed by atoms with Gasteiger partial charge in [0.2, 0.25) is 5.13 Å². The van der Waals surface area contributed by atoms with E-state index in [1.54, 1.807) is 36.4 Å². The fourth-order valence-corrected chi connectivity index (χ4v) is 6.83. The molecule has 0 aliphatic carbocycles. The van der Waals surface area contributed by atoms with Gasteiger partial charge in [0.1, 0.15) is 24.7 Å². The predicted octanol–water partition coefficient (Wildman–Crippen LogP) is 7.06. The van der Waals surface area contributed by atoms with Gasteiger partial charge in [-0.25, -0.2) is 0 Å². The molecular weight excluding hydrogens is 622 g/mol. The minimum Gasteiger partial charge on any atom is -0.507 e. The monoisotopic (exact) mass is 649 g/mol. The molecule has 9 nitrogen and oxygen atoms in total. The second-order valence-corrected chi connectivity index (χ2v) is 12.7. The molecule has 0 radical (unpaired) electrons. The number of amides is 1. The van der Waals surface area contributed by atoms with E-state index in [-0.39, 0.29) is 16.5 Å². The fourth-order valence-electron chi connectivity index (χ4n) is 4.88. The Morgan fingerprint density at radius 3 is 2.66 bits per heavy atom. The van der Waals surface area contributed by atoms with Gasteiger partial charge in [-0.3, -0.25) is 14.5 Å². The molecule has 0 bridgehead atoms. The average molecular weight is 650 g/mol.